The molecule has 19 heavy (non-hydrogen) atoms. The standard InChI is InChI=1S/C9H9N5O3S2/c1-14-2-5(10-4-14)7(17)11-8-12-13-9(19-8)18-3-6(15)16/h2,4H,3H2,1H3,(H,15,16)(H,11,12,17). The largest absolute Gasteiger partial charge is 0.481 e. The molecule has 8 nitrogen and oxygen atoms in total. The highest BCUT2D eigenvalue weighted by molar-refractivity contribution is 8.01. The summed E-state index contributed by atoms with van der Waals surface area (Å²) >= 11 is 2.17. The Bertz CT molecular complexity index is 609. The van der Waals surface area contributed by atoms with Gasteiger partial charge in [0.15, 0.2) is 4.34 Å². The fourth-order valence-corrected chi connectivity index (χ4v) is 2.60. The first kappa shape index (κ1) is 13.5. The Morgan fingerprint density at radius 3 is 2.95 bits per heavy atom. The molecule has 0 radical (unpaired) electrons. The number of aromatic nitrogens is 4. The van der Waals surface area contributed by atoms with Crippen molar-refractivity contribution in [3.8, 4) is 0 Å². The van der Waals surface area contributed by atoms with E-state index in [0.29, 0.717) is 9.47 Å². The summed E-state index contributed by atoms with van der Waals surface area (Å²) in [4.78, 5) is 26.1. The lowest BCUT2D eigenvalue weighted by Crippen LogP contribution is -2.12. The zero-order valence-corrected chi connectivity index (χ0v) is 11.4. The maximum absolute atomic E-state index is 11.8. The number of nitrogens with zero attached hydrogens (tertiary/aromatic N) is 4. The third-order valence-corrected chi connectivity index (χ3v) is 3.84. The molecule has 0 bridgehead atoms. The van der Waals surface area contributed by atoms with Crippen molar-refractivity contribution in [1.29, 1.82) is 0 Å². The summed E-state index contributed by atoms with van der Waals surface area (Å²) in [7, 11) is 1.76. The van der Waals surface area contributed by atoms with Gasteiger partial charge in [0.2, 0.25) is 5.13 Å². The molecule has 2 heterocycles. The van der Waals surface area contributed by atoms with E-state index in [9.17, 15) is 9.59 Å². The van der Waals surface area contributed by atoms with E-state index < -0.39 is 5.97 Å². The number of thioether (sulfide) groups is 1. The summed E-state index contributed by atoms with van der Waals surface area (Å²) in [5, 5.41) is 18.9. The van der Waals surface area contributed by atoms with Crippen molar-refractivity contribution in [1.82, 2.24) is 19.7 Å². The van der Waals surface area contributed by atoms with Gasteiger partial charge in [-0.25, -0.2) is 4.98 Å². The molecule has 1 amide bonds. The van der Waals surface area contributed by atoms with E-state index in [0.717, 1.165) is 23.1 Å². The molecule has 0 fully saturated rings. The molecule has 0 atom stereocenters. The van der Waals surface area contributed by atoms with Crippen LogP contribution in [0.4, 0.5) is 5.13 Å². The minimum atomic E-state index is -0.931. The van der Waals surface area contributed by atoms with E-state index >= 15 is 0 Å². The third kappa shape index (κ3) is 3.76. The Morgan fingerprint density at radius 1 is 1.53 bits per heavy atom. The highest BCUT2D eigenvalue weighted by Crippen LogP contribution is 2.25. The predicted octanol–water partition coefficient (Wildman–Crippen LogP) is 0.701. The van der Waals surface area contributed by atoms with E-state index in [4.69, 9.17) is 5.11 Å². The van der Waals surface area contributed by atoms with Crippen molar-refractivity contribution in [2.45, 2.75) is 4.34 Å². The number of hydrogen-bond donors (Lipinski definition) is 2. The summed E-state index contributed by atoms with van der Waals surface area (Å²) < 4.78 is 2.14. The van der Waals surface area contributed by atoms with Crippen molar-refractivity contribution in [3.05, 3.63) is 18.2 Å². The number of imidazole rings is 1. The number of aryl methyl sites for hydroxylation is 1. The van der Waals surface area contributed by atoms with Crippen LogP contribution in [0.3, 0.4) is 0 Å². The second-order valence-electron chi connectivity index (χ2n) is 3.43. The van der Waals surface area contributed by atoms with Gasteiger partial charge in [0.05, 0.1) is 12.1 Å². The SMILES string of the molecule is Cn1cnc(C(=O)Nc2nnc(SCC(=O)O)s2)c1. The minimum absolute atomic E-state index is 0.0944. The first-order valence-electron chi connectivity index (χ1n) is 5.02. The number of anilines is 1. The summed E-state index contributed by atoms with van der Waals surface area (Å²) in [5.41, 5.74) is 0.275. The van der Waals surface area contributed by atoms with Crippen LogP contribution in [0.25, 0.3) is 0 Å². The smallest absolute Gasteiger partial charge is 0.313 e. The monoisotopic (exact) mass is 299 g/mol. The Kier molecular flexibility index (Phi) is 4.12. The number of amides is 1. The first-order chi connectivity index (χ1) is 9.04. The zero-order chi connectivity index (χ0) is 13.8. The van der Waals surface area contributed by atoms with Crippen molar-refractivity contribution in [2.24, 2.45) is 7.05 Å². The Morgan fingerprint density at radius 2 is 2.32 bits per heavy atom. The van der Waals surface area contributed by atoms with Gasteiger partial charge in [-0.05, 0) is 0 Å². The summed E-state index contributed by atoms with van der Waals surface area (Å²) in [6, 6.07) is 0. The molecule has 0 spiro atoms. The van der Waals surface area contributed by atoms with Gasteiger partial charge in [-0.3, -0.25) is 14.9 Å². The average molecular weight is 299 g/mol. The number of carbonyl (C=O) groups excluding carboxylic acids is 1. The van der Waals surface area contributed by atoms with E-state index in [2.05, 4.69) is 20.5 Å². The molecule has 0 unspecified atom stereocenters. The fraction of sp³-hybridized carbons (Fsp3) is 0.222. The lowest BCUT2D eigenvalue weighted by molar-refractivity contribution is -0.133. The van der Waals surface area contributed by atoms with E-state index in [1.807, 2.05) is 0 Å². The van der Waals surface area contributed by atoms with Gasteiger partial charge in [0, 0.05) is 13.2 Å². The molecule has 10 heteroatoms. The van der Waals surface area contributed by atoms with Gasteiger partial charge in [0.1, 0.15) is 5.69 Å². The van der Waals surface area contributed by atoms with Crippen LogP contribution in [-0.2, 0) is 11.8 Å². The van der Waals surface area contributed by atoms with Crippen LogP contribution in [0.5, 0.6) is 0 Å². The molecule has 100 valence electrons. The second-order valence-corrected chi connectivity index (χ2v) is 5.63. The highest BCUT2D eigenvalue weighted by atomic mass is 32.2. The molecule has 2 aromatic heterocycles. The molecule has 2 N–H and O–H groups in total. The van der Waals surface area contributed by atoms with E-state index in [-0.39, 0.29) is 17.4 Å². The number of hydrogen-bond acceptors (Lipinski definition) is 7. The van der Waals surface area contributed by atoms with Gasteiger partial charge in [-0.2, -0.15) is 0 Å². The third-order valence-electron chi connectivity index (χ3n) is 1.88. The molecule has 2 rings (SSSR count). The number of rotatable bonds is 5. The van der Waals surface area contributed by atoms with Crippen LogP contribution in [0.15, 0.2) is 16.9 Å². The molecule has 0 aliphatic heterocycles. The van der Waals surface area contributed by atoms with Crippen LogP contribution in [0.1, 0.15) is 10.5 Å². The van der Waals surface area contributed by atoms with Gasteiger partial charge < -0.3 is 9.67 Å². The van der Waals surface area contributed by atoms with Crippen molar-refractivity contribution >= 4 is 40.1 Å². The molecule has 2 aromatic rings. The molecule has 0 saturated heterocycles. The maximum atomic E-state index is 11.8. The summed E-state index contributed by atoms with van der Waals surface area (Å²) in [5.74, 6) is -1.41. The van der Waals surface area contributed by atoms with Gasteiger partial charge in [-0.1, -0.05) is 23.1 Å². The minimum Gasteiger partial charge on any atom is -0.481 e. The lowest BCUT2D eigenvalue weighted by atomic mass is 10.4. The Balaban J connectivity index is 1.96. The van der Waals surface area contributed by atoms with Crippen LogP contribution in [0, 0.1) is 0 Å². The number of carbonyl (C=O) groups is 2. The normalized spacial score (nSPS) is 10.4. The number of nitrogens with one attached hydrogen (secondary N) is 1. The van der Waals surface area contributed by atoms with Crippen LogP contribution < -0.4 is 5.32 Å². The second kappa shape index (κ2) is 5.80. The summed E-state index contributed by atoms with van der Waals surface area (Å²) in [6.45, 7) is 0. The Labute approximate surface area is 115 Å². The first-order valence-corrected chi connectivity index (χ1v) is 6.82. The number of carboxylic acid groups (broad SMARTS) is 1. The van der Waals surface area contributed by atoms with Crippen LogP contribution in [-0.4, -0.2) is 42.5 Å². The topological polar surface area (TPSA) is 110 Å². The van der Waals surface area contributed by atoms with Crippen molar-refractivity contribution in [2.75, 3.05) is 11.1 Å². The molecule has 0 aliphatic rings. The average Bonchev–Trinajstić information content (AvgIpc) is 2.95. The predicted molar refractivity (Wildman–Crippen MR) is 69.4 cm³/mol. The van der Waals surface area contributed by atoms with Crippen LogP contribution in [0.2, 0.25) is 0 Å². The Hall–Kier alpha value is -1.94. The zero-order valence-electron chi connectivity index (χ0n) is 9.73. The van der Waals surface area contributed by atoms with Crippen molar-refractivity contribution < 1.29 is 14.7 Å². The van der Waals surface area contributed by atoms with Gasteiger partial charge in [-0.15, -0.1) is 10.2 Å². The van der Waals surface area contributed by atoms with Crippen molar-refractivity contribution in [3.63, 3.8) is 0 Å². The van der Waals surface area contributed by atoms with E-state index in [1.54, 1.807) is 17.8 Å². The molecule has 0 aromatic carbocycles. The number of aliphatic carboxylic acids is 1. The molecular formula is C9H9N5O3S2. The highest BCUT2D eigenvalue weighted by Gasteiger charge is 2.13. The summed E-state index contributed by atoms with van der Waals surface area (Å²) in [6.07, 6.45) is 3.10. The fourth-order valence-electron chi connectivity index (χ4n) is 1.13. The van der Waals surface area contributed by atoms with Gasteiger partial charge in [0.25, 0.3) is 5.91 Å². The molecule has 0 aliphatic carbocycles. The molecular weight excluding hydrogens is 290 g/mol. The van der Waals surface area contributed by atoms with Gasteiger partial charge >= 0.3 is 5.97 Å². The lowest BCUT2D eigenvalue weighted by Gasteiger charge is -1.95. The van der Waals surface area contributed by atoms with Crippen LogP contribution >= 0.6 is 23.1 Å². The quantitative estimate of drug-likeness (QED) is 0.617. The number of carboxylic acids is 1. The van der Waals surface area contributed by atoms with E-state index in [1.165, 1.54) is 6.33 Å². The maximum Gasteiger partial charge on any atom is 0.313 e. The molecule has 0 saturated carbocycles.